The van der Waals surface area contributed by atoms with Crippen LogP contribution in [0.15, 0.2) is 102 Å². The minimum absolute atomic E-state index is 0.108. The molecular weight excluding hydrogens is 572 g/mol. The Morgan fingerprint density at radius 2 is 1.34 bits per heavy atom. The summed E-state index contributed by atoms with van der Waals surface area (Å²) in [6.07, 6.45) is 1.94. The number of fused-ring (bicyclic) bond motifs is 4. The third-order valence-electron chi connectivity index (χ3n) is 10.7. The summed E-state index contributed by atoms with van der Waals surface area (Å²) in [4.78, 5) is 41.2. The molecule has 9 heteroatoms. The molecule has 0 unspecified atom stereocenters. The molecule has 226 valence electrons. The molecule has 5 aliphatic rings. The second-order valence-corrected chi connectivity index (χ2v) is 13.9. The van der Waals surface area contributed by atoms with Gasteiger partial charge in [-0.3, -0.25) is 24.3 Å². The molecule has 0 aliphatic carbocycles. The topological polar surface area (TPSA) is 113 Å². The highest BCUT2D eigenvalue weighted by Crippen LogP contribution is 2.53. The Hall–Kier alpha value is -3.92. The van der Waals surface area contributed by atoms with Gasteiger partial charge in [0.05, 0.1) is 36.3 Å². The van der Waals surface area contributed by atoms with Crippen molar-refractivity contribution in [2.24, 2.45) is 11.1 Å². The van der Waals surface area contributed by atoms with Crippen LogP contribution in [0.3, 0.4) is 0 Å². The summed E-state index contributed by atoms with van der Waals surface area (Å²) in [5.41, 5.74) is 7.20. The Morgan fingerprint density at radius 3 is 1.75 bits per heavy atom. The predicted octanol–water partition coefficient (Wildman–Crippen LogP) is 4.02. The van der Waals surface area contributed by atoms with E-state index in [9.17, 15) is 19.5 Å². The van der Waals surface area contributed by atoms with E-state index in [1.807, 2.05) is 61.5 Å². The highest BCUT2D eigenvalue weighted by molar-refractivity contribution is 8.00. The van der Waals surface area contributed by atoms with Gasteiger partial charge in [0.2, 0.25) is 5.91 Å². The van der Waals surface area contributed by atoms with Crippen LogP contribution in [0, 0.1) is 5.41 Å². The number of aliphatic carboxylic acids is 1. The van der Waals surface area contributed by atoms with Gasteiger partial charge in [0.25, 0.3) is 5.91 Å². The Labute approximate surface area is 261 Å². The van der Waals surface area contributed by atoms with Gasteiger partial charge in [-0.1, -0.05) is 91.0 Å². The number of β-lactam (4-membered cyclic amide) rings is 1. The number of nitrogens with zero attached hydrogens (tertiary/aromatic N) is 2. The zero-order valence-corrected chi connectivity index (χ0v) is 25.6. The molecule has 0 saturated carbocycles. The summed E-state index contributed by atoms with van der Waals surface area (Å²) in [5, 5.41) is 14.1. The smallest absolute Gasteiger partial charge is 0.358 e. The number of hydrogen-bond donors (Lipinski definition) is 3. The molecule has 4 N–H and O–H groups in total. The first-order chi connectivity index (χ1) is 21.2. The molecule has 8 rings (SSSR count). The molecule has 8 nitrogen and oxygen atoms in total. The van der Waals surface area contributed by atoms with Gasteiger partial charge < -0.3 is 10.8 Å². The molecule has 5 heterocycles. The Balaban J connectivity index is 1.31. The van der Waals surface area contributed by atoms with Gasteiger partial charge in [0.15, 0.2) is 11.4 Å². The summed E-state index contributed by atoms with van der Waals surface area (Å²) in [5.74, 6) is -1.08. The fourth-order valence-electron chi connectivity index (χ4n) is 8.12. The van der Waals surface area contributed by atoms with Crippen molar-refractivity contribution >= 4 is 29.5 Å². The molecule has 2 bridgehead atoms. The van der Waals surface area contributed by atoms with Crippen LogP contribution in [0.1, 0.15) is 42.9 Å². The van der Waals surface area contributed by atoms with Crippen molar-refractivity contribution in [3.63, 3.8) is 0 Å². The van der Waals surface area contributed by atoms with Crippen LogP contribution in [0.2, 0.25) is 0 Å². The van der Waals surface area contributed by atoms with Crippen LogP contribution < -0.4 is 11.1 Å². The number of piperidine rings is 3. The number of primary amides is 1. The number of rotatable bonds is 8. The van der Waals surface area contributed by atoms with E-state index >= 15 is 0 Å². The number of nitrogens with one attached hydrogen (secondary N) is 1. The first-order valence-electron chi connectivity index (χ1n) is 15.2. The van der Waals surface area contributed by atoms with E-state index in [0.29, 0.717) is 49.1 Å². The van der Waals surface area contributed by atoms with Crippen LogP contribution in [0.4, 0.5) is 0 Å². The maximum Gasteiger partial charge on any atom is 0.358 e. The van der Waals surface area contributed by atoms with Crippen molar-refractivity contribution < 1.29 is 24.0 Å². The molecule has 44 heavy (non-hydrogen) atoms. The van der Waals surface area contributed by atoms with Gasteiger partial charge in [-0.2, -0.15) is 0 Å². The van der Waals surface area contributed by atoms with E-state index in [2.05, 4.69) is 41.7 Å². The molecule has 5 aliphatic heterocycles. The SMILES string of the molecule is C[C@@]1(NC(c2ccccc2)(c2ccccc2)c2ccccc2)C(=O)N2C(C(=O)O)=C([N+]34CCC(C(N)=O)(CC3)CC4)CS[C@H]21. The van der Waals surface area contributed by atoms with E-state index in [-0.39, 0.29) is 17.5 Å². The van der Waals surface area contributed by atoms with Crippen molar-refractivity contribution in [2.45, 2.75) is 42.6 Å². The molecule has 3 aromatic rings. The molecule has 0 spiro atoms. The van der Waals surface area contributed by atoms with Gasteiger partial charge in [-0.15, -0.1) is 11.8 Å². The highest BCUT2D eigenvalue weighted by Gasteiger charge is 2.67. The zero-order valence-electron chi connectivity index (χ0n) is 24.7. The lowest BCUT2D eigenvalue weighted by atomic mass is 9.69. The largest absolute Gasteiger partial charge is 0.476 e. The first-order valence-corrected chi connectivity index (χ1v) is 16.3. The summed E-state index contributed by atoms with van der Waals surface area (Å²) < 4.78 is 0.520. The molecule has 4 saturated heterocycles. The van der Waals surface area contributed by atoms with Crippen molar-refractivity contribution in [2.75, 3.05) is 25.4 Å². The van der Waals surface area contributed by atoms with Gasteiger partial charge in [0, 0.05) is 19.3 Å². The maximum atomic E-state index is 14.5. The van der Waals surface area contributed by atoms with E-state index in [1.165, 1.54) is 4.90 Å². The van der Waals surface area contributed by atoms with Crippen LogP contribution in [-0.2, 0) is 19.9 Å². The van der Waals surface area contributed by atoms with Crippen molar-refractivity contribution in [1.82, 2.24) is 10.2 Å². The van der Waals surface area contributed by atoms with Crippen molar-refractivity contribution in [1.29, 1.82) is 0 Å². The molecule has 2 amide bonds. The summed E-state index contributed by atoms with van der Waals surface area (Å²) in [7, 11) is 0. The number of carboxylic acid groups (broad SMARTS) is 1. The predicted molar refractivity (Wildman–Crippen MR) is 169 cm³/mol. The minimum Gasteiger partial charge on any atom is -0.476 e. The lowest BCUT2D eigenvalue weighted by Crippen LogP contribution is -2.81. The van der Waals surface area contributed by atoms with Crippen LogP contribution in [-0.4, -0.2) is 68.6 Å². The van der Waals surface area contributed by atoms with E-state index in [4.69, 9.17) is 5.73 Å². The van der Waals surface area contributed by atoms with Crippen LogP contribution in [0.5, 0.6) is 0 Å². The molecule has 0 aromatic heterocycles. The Bertz CT molecular complexity index is 1540. The van der Waals surface area contributed by atoms with Gasteiger partial charge in [-0.05, 0) is 23.6 Å². The number of amides is 2. The number of thioether (sulfide) groups is 1. The second kappa shape index (κ2) is 10.3. The first kappa shape index (κ1) is 28.8. The highest BCUT2D eigenvalue weighted by atomic mass is 32.2. The number of benzene rings is 3. The van der Waals surface area contributed by atoms with Crippen LogP contribution in [0.25, 0.3) is 0 Å². The van der Waals surface area contributed by atoms with E-state index < -0.39 is 27.8 Å². The maximum absolute atomic E-state index is 14.5. The third-order valence-corrected chi connectivity index (χ3v) is 12.1. The van der Waals surface area contributed by atoms with Crippen molar-refractivity contribution in [3.8, 4) is 0 Å². The Morgan fingerprint density at radius 1 is 0.886 bits per heavy atom. The molecular formula is C35H37N4O4S+. The molecule has 4 fully saturated rings. The lowest BCUT2D eigenvalue weighted by Gasteiger charge is -2.61. The van der Waals surface area contributed by atoms with Gasteiger partial charge >= 0.3 is 5.97 Å². The molecule has 3 aromatic carbocycles. The number of carbonyl (C=O) groups excluding carboxylic acids is 2. The Kier molecular flexibility index (Phi) is 6.77. The normalized spacial score (nSPS) is 29.6. The minimum atomic E-state index is -1.08. The summed E-state index contributed by atoms with van der Waals surface area (Å²) in [6, 6.07) is 30.4. The lowest BCUT2D eigenvalue weighted by molar-refractivity contribution is -0.909. The summed E-state index contributed by atoms with van der Waals surface area (Å²) in [6.45, 7) is 3.90. The number of nitrogens with two attached hydrogens (primary N) is 1. The fourth-order valence-corrected chi connectivity index (χ4v) is 9.69. The van der Waals surface area contributed by atoms with E-state index in [0.717, 1.165) is 22.4 Å². The second-order valence-electron chi connectivity index (χ2n) is 12.8. The average Bonchev–Trinajstić information content (AvgIpc) is 3.08. The quantitative estimate of drug-likeness (QED) is 0.202. The summed E-state index contributed by atoms with van der Waals surface area (Å²) >= 11 is 1.62. The molecule has 2 atom stereocenters. The van der Waals surface area contributed by atoms with Gasteiger partial charge in [-0.25, -0.2) is 4.79 Å². The fraction of sp³-hybridized carbons (Fsp3) is 0.343. The van der Waals surface area contributed by atoms with Crippen molar-refractivity contribution in [3.05, 3.63) is 119 Å². The average molecular weight is 610 g/mol. The van der Waals surface area contributed by atoms with E-state index in [1.54, 1.807) is 11.8 Å². The van der Waals surface area contributed by atoms with Gasteiger partial charge in [0.1, 0.15) is 10.9 Å². The molecule has 0 radical (unpaired) electrons. The number of hydrogen-bond acceptors (Lipinski definition) is 5. The third kappa shape index (κ3) is 4.02. The number of carboxylic acids is 1. The monoisotopic (exact) mass is 609 g/mol. The number of quaternary nitrogens is 1. The standard InChI is InChI=1S/C35H36N4O4S/c1-33(37-35(24-11-5-2-6-12-24,25-13-7-3-8-14-25)26-15-9-4-10-16-26)31(43)38-28(29(40)41)27(23-44-32(33)38)39-20-17-34(18-21-39,19-22-39)30(36)42/h2-16,32,37H,17-23H2,1H3,(H2-,36,40,41,42)/p+1/t32-,33+,34?,39?/m0/s1. The zero-order chi connectivity index (χ0) is 30.7. The number of carbonyl (C=O) groups is 3. The van der Waals surface area contributed by atoms with Crippen LogP contribution >= 0.6 is 11.8 Å².